The molecule has 0 spiro atoms. The fourth-order valence-electron chi connectivity index (χ4n) is 4.02. The summed E-state index contributed by atoms with van der Waals surface area (Å²) in [5.41, 5.74) is 1.36. The van der Waals surface area contributed by atoms with Crippen LogP contribution in [0.2, 0.25) is 0 Å². The molecule has 0 amide bonds. The van der Waals surface area contributed by atoms with Crippen LogP contribution in [-0.2, 0) is 6.54 Å². The van der Waals surface area contributed by atoms with E-state index < -0.39 is 0 Å². The number of guanidine groups is 1. The number of hydrogen-bond donors (Lipinski definition) is 1. The third-order valence-electron chi connectivity index (χ3n) is 5.72. The van der Waals surface area contributed by atoms with E-state index in [4.69, 9.17) is 4.99 Å². The second-order valence-corrected chi connectivity index (χ2v) is 8.10. The summed E-state index contributed by atoms with van der Waals surface area (Å²) in [7, 11) is 2.18. The van der Waals surface area contributed by atoms with E-state index in [1.165, 1.54) is 12.0 Å². The van der Waals surface area contributed by atoms with E-state index in [1.807, 2.05) is 12.5 Å². The molecule has 1 fully saturated rings. The number of aromatic nitrogens is 2. The minimum atomic E-state index is 0. The predicted molar refractivity (Wildman–Crippen MR) is 135 cm³/mol. The smallest absolute Gasteiger partial charge is 0.193 e. The second-order valence-electron chi connectivity index (χ2n) is 8.10. The highest BCUT2D eigenvalue weighted by atomic mass is 127. The fraction of sp³-hybridized carbons (Fsp3) is 0.565. The van der Waals surface area contributed by atoms with E-state index >= 15 is 0 Å². The predicted octanol–water partition coefficient (Wildman–Crippen LogP) is 3.87. The quantitative estimate of drug-likeness (QED) is 0.247. The highest BCUT2D eigenvalue weighted by Crippen LogP contribution is 2.27. The first-order valence-corrected chi connectivity index (χ1v) is 10.9. The first kappa shape index (κ1) is 24.7. The lowest BCUT2D eigenvalue weighted by Crippen LogP contribution is -2.49. The van der Waals surface area contributed by atoms with Gasteiger partial charge in [-0.15, -0.1) is 24.0 Å². The highest BCUT2D eigenvalue weighted by molar-refractivity contribution is 14.0. The van der Waals surface area contributed by atoms with Crippen LogP contribution >= 0.6 is 24.0 Å². The number of imidazole rings is 1. The van der Waals surface area contributed by atoms with Gasteiger partial charge in [-0.3, -0.25) is 4.99 Å². The summed E-state index contributed by atoms with van der Waals surface area (Å²) in [6.45, 7) is 10.3. The number of rotatable bonds is 8. The van der Waals surface area contributed by atoms with Gasteiger partial charge < -0.3 is 19.7 Å². The van der Waals surface area contributed by atoms with E-state index in [0.717, 1.165) is 51.6 Å². The minimum Gasteiger partial charge on any atom is -0.357 e. The lowest BCUT2D eigenvalue weighted by Gasteiger charge is -2.39. The van der Waals surface area contributed by atoms with Gasteiger partial charge in [-0.2, -0.15) is 0 Å². The van der Waals surface area contributed by atoms with Crippen molar-refractivity contribution in [3.05, 3.63) is 54.6 Å². The molecule has 0 saturated carbocycles. The molecule has 0 bridgehead atoms. The van der Waals surface area contributed by atoms with Gasteiger partial charge >= 0.3 is 0 Å². The van der Waals surface area contributed by atoms with Gasteiger partial charge in [-0.25, -0.2) is 4.98 Å². The summed E-state index contributed by atoms with van der Waals surface area (Å²) in [4.78, 5) is 14.0. The summed E-state index contributed by atoms with van der Waals surface area (Å²) in [6, 6.07) is 11.1. The zero-order valence-corrected chi connectivity index (χ0v) is 20.9. The fourth-order valence-corrected chi connectivity index (χ4v) is 4.02. The zero-order chi connectivity index (χ0) is 20.5. The van der Waals surface area contributed by atoms with E-state index in [9.17, 15) is 0 Å². The molecule has 3 rings (SSSR count). The molecule has 2 unspecified atom stereocenters. The molecule has 2 heterocycles. The van der Waals surface area contributed by atoms with Gasteiger partial charge in [-0.05, 0) is 44.8 Å². The van der Waals surface area contributed by atoms with Crippen LogP contribution in [0.25, 0.3) is 0 Å². The van der Waals surface area contributed by atoms with Gasteiger partial charge in [0.25, 0.3) is 0 Å². The number of likely N-dealkylation sites (tertiary alicyclic amines) is 1. The monoisotopic (exact) mass is 524 g/mol. The number of aliphatic imine (C=N–C) groups is 1. The lowest BCUT2D eigenvalue weighted by atomic mass is 9.93. The molecule has 1 saturated heterocycles. The molecule has 1 aliphatic rings. The van der Waals surface area contributed by atoms with Crippen molar-refractivity contribution in [1.29, 1.82) is 0 Å². The Labute approximate surface area is 198 Å². The zero-order valence-electron chi connectivity index (χ0n) is 18.6. The molecule has 2 aromatic rings. The Morgan fingerprint density at radius 1 is 1.30 bits per heavy atom. The second kappa shape index (κ2) is 12.9. The summed E-state index contributed by atoms with van der Waals surface area (Å²) in [6.07, 6.45) is 8.13. The number of nitrogens with zero attached hydrogens (tertiary/aromatic N) is 5. The number of hydrogen-bond acceptors (Lipinski definition) is 3. The molecule has 1 aromatic carbocycles. The summed E-state index contributed by atoms with van der Waals surface area (Å²) in [5, 5.41) is 3.50. The van der Waals surface area contributed by atoms with Crippen molar-refractivity contribution >= 4 is 29.9 Å². The van der Waals surface area contributed by atoms with Crippen LogP contribution in [0.15, 0.2) is 54.0 Å². The topological polar surface area (TPSA) is 48.7 Å². The SMILES string of the molecule is CCNC(=NCCCN(C)Cc1ccccc1)N1CCC(C)C(n2ccnc2)C1.I. The van der Waals surface area contributed by atoms with Gasteiger partial charge in [0, 0.05) is 45.1 Å². The molecule has 166 valence electrons. The van der Waals surface area contributed by atoms with Crippen LogP contribution < -0.4 is 5.32 Å². The van der Waals surface area contributed by atoms with Crippen LogP contribution in [0.5, 0.6) is 0 Å². The van der Waals surface area contributed by atoms with E-state index in [-0.39, 0.29) is 24.0 Å². The number of nitrogens with one attached hydrogen (secondary N) is 1. The van der Waals surface area contributed by atoms with E-state index in [2.05, 4.69) is 82.1 Å². The van der Waals surface area contributed by atoms with Crippen LogP contribution in [-0.4, -0.2) is 65.1 Å². The molecule has 7 heteroatoms. The maximum Gasteiger partial charge on any atom is 0.193 e. The van der Waals surface area contributed by atoms with Gasteiger partial charge in [0.05, 0.1) is 12.4 Å². The van der Waals surface area contributed by atoms with E-state index in [1.54, 1.807) is 0 Å². The average molecular weight is 524 g/mol. The van der Waals surface area contributed by atoms with E-state index in [0.29, 0.717) is 12.0 Å². The molecule has 1 N–H and O–H groups in total. The van der Waals surface area contributed by atoms with Crippen LogP contribution in [0, 0.1) is 5.92 Å². The third kappa shape index (κ3) is 7.27. The van der Waals surface area contributed by atoms with Crippen LogP contribution in [0.3, 0.4) is 0 Å². The maximum atomic E-state index is 4.94. The molecule has 6 nitrogen and oxygen atoms in total. The minimum absolute atomic E-state index is 0. The summed E-state index contributed by atoms with van der Waals surface area (Å²) < 4.78 is 2.25. The Morgan fingerprint density at radius 3 is 2.80 bits per heavy atom. The standard InChI is InChI=1S/C23H36N6.HI/c1-4-25-23(26-12-8-14-27(3)17-21-9-6-5-7-10-21)28-15-11-20(2)22(18-28)29-16-13-24-19-29;/h5-7,9-10,13,16,19-20,22H,4,8,11-12,14-15,17-18H2,1-3H3,(H,25,26);1H. The molecule has 0 aliphatic carbocycles. The van der Waals surface area contributed by atoms with Crippen molar-refractivity contribution in [3.8, 4) is 0 Å². The van der Waals surface area contributed by atoms with Crippen molar-refractivity contribution in [3.63, 3.8) is 0 Å². The van der Waals surface area contributed by atoms with Crippen molar-refractivity contribution in [2.75, 3.05) is 39.8 Å². The average Bonchev–Trinajstić information content (AvgIpc) is 3.26. The first-order chi connectivity index (χ1) is 14.2. The van der Waals surface area contributed by atoms with Crippen LogP contribution in [0.4, 0.5) is 0 Å². The highest BCUT2D eigenvalue weighted by Gasteiger charge is 2.28. The Bertz CT molecular complexity index is 733. The number of benzene rings is 1. The lowest BCUT2D eigenvalue weighted by molar-refractivity contribution is 0.189. The molecular weight excluding hydrogens is 487 g/mol. The first-order valence-electron chi connectivity index (χ1n) is 10.9. The van der Waals surface area contributed by atoms with Crippen molar-refractivity contribution in [1.82, 2.24) is 24.7 Å². The third-order valence-corrected chi connectivity index (χ3v) is 5.72. The van der Waals surface area contributed by atoms with Gasteiger partial charge in [0.1, 0.15) is 0 Å². The molecular formula is C23H37IN6. The molecule has 30 heavy (non-hydrogen) atoms. The molecule has 0 radical (unpaired) electrons. The Kier molecular flexibility index (Phi) is 10.6. The summed E-state index contributed by atoms with van der Waals surface area (Å²) in [5.74, 6) is 1.70. The van der Waals surface area contributed by atoms with Gasteiger partial charge in [0.2, 0.25) is 0 Å². The largest absolute Gasteiger partial charge is 0.357 e. The Morgan fingerprint density at radius 2 is 2.10 bits per heavy atom. The maximum absolute atomic E-state index is 4.94. The van der Waals surface area contributed by atoms with Crippen LogP contribution in [0.1, 0.15) is 38.3 Å². The Balaban J connectivity index is 0.00000320. The Hall–Kier alpha value is -1.61. The molecule has 1 aromatic heterocycles. The van der Waals surface area contributed by atoms with Gasteiger partial charge in [0.15, 0.2) is 5.96 Å². The summed E-state index contributed by atoms with van der Waals surface area (Å²) >= 11 is 0. The van der Waals surface area contributed by atoms with Gasteiger partial charge in [-0.1, -0.05) is 37.3 Å². The van der Waals surface area contributed by atoms with Crippen molar-refractivity contribution in [2.45, 2.75) is 39.3 Å². The van der Waals surface area contributed by atoms with Crippen molar-refractivity contribution in [2.24, 2.45) is 10.9 Å². The molecule has 2 atom stereocenters. The van der Waals surface area contributed by atoms with Crippen molar-refractivity contribution < 1.29 is 0 Å². The molecule has 1 aliphatic heterocycles. The number of piperidine rings is 1. The normalized spacial score (nSPS) is 19.6. The number of halogens is 1.